The molecule has 0 radical (unpaired) electrons. The quantitative estimate of drug-likeness (QED) is 0.871. The maximum absolute atomic E-state index is 12.2. The summed E-state index contributed by atoms with van der Waals surface area (Å²) >= 11 is 0. The lowest BCUT2D eigenvalue weighted by molar-refractivity contribution is -0.122. The number of aryl methyl sites for hydroxylation is 2. The summed E-state index contributed by atoms with van der Waals surface area (Å²) in [7, 11) is 0. The molecule has 1 N–H and O–H groups in total. The van der Waals surface area contributed by atoms with E-state index in [0.717, 1.165) is 25.7 Å². The molecule has 144 valence electrons. The fraction of sp³-hybridized carbons (Fsp3) is 0.619. The van der Waals surface area contributed by atoms with Gasteiger partial charge in [0.15, 0.2) is 0 Å². The van der Waals surface area contributed by atoms with Crippen molar-refractivity contribution < 1.29 is 14.3 Å². The van der Waals surface area contributed by atoms with Crippen LogP contribution in [-0.4, -0.2) is 41.6 Å². The smallest absolute Gasteiger partial charge is 0.410 e. The number of likely N-dealkylation sites (tertiary alicyclic amines) is 1. The molecule has 1 aliphatic rings. The van der Waals surface area contributed by atoms with E-state index in [-0.39, 0.29) is 18.0 Å². The number of nitrogens with zero attached hydrogens (tertiary/aromatic N) is 1. The zero-order valence-electron chi connectivity index (χ0n) is 16.5. The number of nitrogens with one attached hydrogen (secondary N) is 1. The van der Waals surface area contributed by atoms with E-state index < -0.39 is 5.60 Å². The predicted octanol–water partition coefficient (Wildman–Crippen LogP) is 3.70. The zero-order valence-corrected chi connectivity index (χ0v) is 16.5. The van der Waals surface area contributed by atoms with Crippen molar-refractivity contribution in [3.8, 4) is 0 Å². The van der Waals surface area contributed by atoms with E-state index in [1.165, 1.54) is 11.1 Å². The van der Waals surface area contributed by atoms with Gasteiger partial charge in [0.2, 0.25) is 5.91 Å². The van der Waals surface area contributed by atoms with Crippen LogP contribution in [0.5, 0.6) is 0 Å². The summed E-state index contributed by atoms with van der Waals surface area (Å²) in [4.78, 5) is 26.0. The Morgan fingerprint density at radius 3 is 2.23 bits per heavy atom. The molecule has 0 unspecified atom stereocenters. The lowest BCUT2D eigenvalue weighted by atomic mass is 10.0. The van der Waals surface area contributed by atoms with E-state index >= 15 is 0 Å². The van der Waals surface area contributed by atoms with Gasteiger partial charge in [0.25, 0.3) is 0 Å². The number of amides is 2. The minimum absolute atomic E-state index is 0.0836. The first-order valence-electron chi connectivity index (χ1n) is 9.62. The van der Waals surface area contributed by atoms with Crippen LogP contribution in [0.25, 0.3) is 0 Å². The number of benzene rings is 1. The highest BCUT2D eigenvalue weighted by Crippen LogP contribution is 2.16. The van der Waals surface area contributed by atoms with Gasteiger partial charge in [-0.2, -0.15) is 0 Å². The molecule has 1 aromatic carbocycles. The molecule has 0 spiro atoms. The average molecular weight is 360 g/mol. The average Bonchev–Trinajstić information content (AvgIpc) is 2.59. The number of hydrogen-bond donors (Lipinski definition) is 1. The maximum atomic E-state index is 12.2. The van der Waals surface area contributed by atoms with Crippen molar-refractivity contribution in [3.05, 3.63) is 35.4 Å². The van der Waals surface area contributed by atoms with E-state index in [4.69, 9.17) is 4.74 Å². The van der Waals surface area contributed by atoms with Gasteiger partial charge in [-0.1, -0.05) is 31.2 Å². The minimum atomic E-state index is -0.475. The molecule has 1 aromatic rings. The molecule has 1 saturated heterocycles. The molecule has 2 rings (SSSR count). The Labute approximate surface area is 157 Å². The van der Waals surface area contributed by atoms with Crippen LogP contribution in [0.2, 0.25) is 0 Å². The van der Waals surface area contributed by atoms with Crippen molar-refractivity contribution in [3.63, 3.8) is 0 Å². The Morgan fingerprint density at radius 2 is 1.69 bits per heavy atom. The molecule has 2 amide bonds. The third-order valence-electron chi connectivity index (χ3n) is 4.58. The van der Waals surface area contributed by atoms with Crippen molar-refractivity contribution in [1.82, 2.24) is 10.2 Å². The summed E-state index contributed by atoms with van der Waals surface area (Å²) in [6, 6.07) is 8.60. The van der Waals surface area contributed by atoms with Crippen LogP contribution in [0.3, 0.4) is 0 Å². The number of ether oxygens (including phenoxy) is 1. The van der Waals surface area contributed by atoms with Gasteiger partial charge in [-0.15, -0.1) is 0 Å². The number of carbonyl (C=O) groups is 2. The minimum Gasteiger partial charge on any atom is -0.444 e. The Bertz CT molecular complexity index is 597. The Kier molecular flexibility index (Phi) is 7.06. The third-order valence-corrected chi connectivity index (χ3v) is 4.58. The van der Waals surface area contributed by atoms with E-state index in [1.807, 2.05) is 20.8 Å². The lowest BCUT2D eigenvalue weighted by Crippen LogP contribution is -2.47. The van der Waals surface area contributed by atoms with Crippen LogP contribution in [0.4, 0.5) is 4.79 Å². The highest BCUT2D eigenvalue weighted by Gasteiger charge is 2.27. The molecule has 0 aromatic heterocycles. The largest absolute Gasteiger partial charge is 0.444 e. The molecule has 0 atom stereocenters. The summed E-state index contributed by atoms with van der Waals surface area (Å²) in [6.45, 7) is 8.99. The third kappa shape index (κ3) is 6.70. The summed E-state index contributed by atoms with van der Waals surface area (Å²) in [5.41, 5.74) is 2.03. The van der Waals surface area contributed by atoms with Crippen LogP contribution < -0.4 is 5.32 Å². The Balaban J connectivity index is 1.69. The number of carbonyl (C=O) groups excluding carboxylic acids is 2. The first-order chi connectivity index (χ1) is 12.3. The Hall–Kier alpha value is -2.04. The van der Waals surface area contributed by atoms with Crippen LogP contribution in [-0.2, 0) is 22.4 Å². The van der Waals surface area contributed by atoms with Crippen molar-refractivity contribution in [2.45, 2.75) is 71.4 Å². The summed E-state index contributed by atoms with van der Waals surface area (Å²) in [6.07, 6.45) is 3.57. The van der Waals surface area contributed by atoms with Crippen LogP contribution >= 0.6 is 0 Å². The monoisotopic (exact) mass is 360 g/mol. The van der Waals surface area contributed by atoms with Gasteiger partial charge in [-0.05, 0) is 57.6 Å². The van der Waals surface area contributed by atoms with Gasteiger partial charge in [0.1, 0.15) is 5.60 Å². The number of hydrogen-bond acceptors (Lipinski definition) is 3. The normalized spacial score (nSPS) is 15.6. The van der Waals surface area contributed by atoms with Crippen molar-refractivity contribution in [1.29, 1.82) is 0 Å². The number of rotatable bonds is 5. The highest BCUT2D eigenvalue weighted by molar-refractivity contribution is 5.76. The van der Waals surface area contributed by atoms with Gasteiger partial charge in [0, 0.05) is 25.6 Å². The molecule has 0 bridgehead atoms. The second-order valence-corrected chi connectivity index (χ2v) is 7.98. The molecular weight excluding hydrogens is 328 g/mol. The highest BCUT2D eigenvalue weighted by atomic mass is 16.6. The molecule has 1 aliphatic heterocycles. The first kappa shape index (κ1) is 20.3. The Morgan fingerprint density at radius 1 is 1.12 bits per heavy atom. The standard InChI is InChI=1S/C21H32N2O3/c1-5-16-6-8-17(9-7-16)10-11-19(24)22-18-12-14-23(15-13-18)20(25)26-21(2,3)4/h6-9,18H,5,10-15H2,1-4H3,(H,22,24). The van der Waals surface area contributed by atoms with Gasteiger partial charge in [0.05, 0.1) is 0 Å². The van der Waals surface area contributed by atoms with E-state index in [9.17, 15) is 9.59 Å². The second-order valence-electron chi connectivity index (χ2n) is 7.98. The van der Waals surface area contributed by atoms with Gasteiger partial charge < -0.3 is 15.0 Å². The molecule has 5 nitrogen and oxygen atoms in total. The molecule has 26 heavy (non-hydrogen) atoms. The second kappa shape index (κ2) is 9.06. The SMILES string of the molecule is CCc1ccc(CCC(=O)NC2CCN(C(=O)OC(C)(C)C)CC2)cc1. The molecular formula is C21H32N2O3. The topological polar surface area (TPSA) is 58.6 Å². The van der Waals surface area contributed by atoms with Gasteiger partial charge in [-0.25, -0.2) is 4.79 Å². The molecule has 1 heterocycles. The molecule has 5 heteroatoms. The maximum Gasteiger partial charge on any atom is 0.410 e. The predicted molar refractivity (Wildman–Crippen MR) is 103 cm³/mol. The van der Waals surface area contributed by atoms with Crippen LogP contribution in [0.1, 0.15) is 58.1 Å². The summed E-state index contributed by atoms with van der Waals surface area (Å²) in [5.74, 6) is 0.0836. The summed E-state index contributed by atoms with van der Waals surface area (Å²) in [5, 5.41) is 3.10. The molecule has 0 saturated carbocycles. The van der Waals surface area contributed by atoms with E-state index in [1.54, 1.807) is 4.90 Å². The number of piperidine rings is 1. The zero-order chi connectivity index (χ0) is 19.2. The van der Waals surface area contributed by atoms with E-state index in [2.05, 4.69) is 36.5 Å². The lowest BCUT2D eigenvalue weighted by Gasteiger charge is -2.33. The van der Waals surface area contributed by atoms with Gasteiger partial charge in [-0.3, -0.25) is 4.79 Å². The van der Waals surface area contributed by atoms with Crippen molar-refractivity contribution in [2.75, 3.05) is 13.1 Å². The fourth-order valence-corrected chi connectivity index (χ4v) is 3.03. The fourth-order valence-electron chi connectivity index (χ4n) is 3.03. The first-order valence-corrected chi connectivity index (χ1v) is 9.62. The molecule has 1 fully saturated rings. The van der Waals surface area contributed by atoms with Crippen molar-refractivity contribution >= 4 is 12.0 Å². The van der Waals surface area contributed by atoms with Gasteiger partial charge >= 0.3 is 6.09 Å². The van der Waals surface area contributed by atoms with Crippen LogP contribution in [0, 0.1) is 0 Å². The van der Waals surface area contributed by atoms with E-state index in [0.29, 0.717) is 19.5 Å². The molecule has 0 aliphatic carbocycles. The van der Waals surface area contributed by atoms with Crippen molar-refractivity contribution in [2.24, 2.45) is 0 Å². The van der Waals surface area contributed by atoms with Crippen LogP contribution in [0.15, 0.2) is 24.3 Å². The summed E-state index contributed by atoms with van der Waals surface area (Å²) < 4.78 is 5.40.